The summed E-state index contributed by atoms with van der Waals surface area (Å²) >= 11 is 0. The second kappa shape index (κ2) is 12.3. The van der Waals surface area contributed by atoms with Crippen LogP contribution in [0.15, 0.2) is 24.5 Å². The highest BCUT2D eigenvalue weighted by Gasteiger charge is 2.52. The molecule has 3 amide bonds. The Morgan fingerprint density at radius 3 is 2.31 bits per heavy atom. The first-order chi connectivity index (χ1) is 22.9. The fourth-order valence-electron chi connectivity index (χ4n) is 6.80. The summed E-state index contributed by atoms with van der Waals surface area (Å²) in [6.45, 7) is 14.6. The zero-order chi connectivity index (χ0) is 35.5. The summed E-state index contributed by atoms with van der Waals surface area (Å²) in [5.74, 6) is -0.380. The maximum atomic E-state index is 16.6. The van der Waals surface area contributed by atoms with Crippen LogP contribution in [0.3, 0.4) is 0 Å². The fourth-order valence-corrected chi connectivity index (χ4v) is 6.80. The smallest absolute Gasteiger partial charge is 0.415 e. The van der Waals surface area contributed by atoms with Gasteiger partial charge in [-0.25, -0.2) is 28.7 Å². The van der Waals surface area contributed by atoms with Gasteiger partial charge in [-0.3, -0.25) is 15.5 Å². The molecule has 6 rings (SSSR count). The summed E-state index contributed by atoms with van der Waals surface area (Å²) in [7, 11) is 2.07. The van der Waals surface area contributed by atoms with Crippen LogP contribution in [0.2, 0.25) is 0 Å². The number of pyridine rings is 2. The molecule has 0 bridgehead atoms. The molecule has 1 aromatic carbocycles. The lowest BCUT2D eigenvalue weighted by atomic mass is 9.62. The topological polar surface area (TPSA) is 144 Å². The molecule has 1 saturated carbocycles. The monoisotopic (exact) mass is 678 g/mol. The lowest BCUT2D eigenvalue weighted by Crippen LogP contribution is -2.62. The lowest BCUT2D eigenvalue weighted by molar-refractivity contribution is -0.119. The number of aromatic nitrogens is 2. The van der Waals surface area contributed by atoms with E-state index in [0.29, 0.717) is 22.2 Å². The number of benzene rings is 1. The Morgan fingerprint density at radius 1 is 0.959 bits per heavy atom. The Balaban J connectivity index is 1.36. The first-order valence-electron chi connectivity index (χ1n) is 16.3. The van der Waals surface area contributed by atoms with Gasteiger partial charge in [0.1, 0.15) is 35.4 Å². The summed E-state index contributed by atoms with van der Waals surface area (Å²) in [5, 5.41) is 5.96. The first-order valence-corrected chi connectivity index (χ1v) is 16.3. The van der Waals surface area contributed by atoms with Crippen molar-refractivity contribution in [3.8, 4) is 17.0 Å². The van der Waals surface area contributed by atoms with Gasteiger partial charge in [-0.05, 0) is 91.4 Å². The van der Waals surface area contributed by atoms with Crippen molar-refractivity contribution < 1.29 is 37.7 Å². The van der Waals surface area contributed by atoms with Crippen LogP contribution in [0.5, 0.6) is 5.88 Å². The van der Waals surface area contributed by atoms with Gasteiger partial charge in [-0.15, -0.1) is 0 Å². The minimum absolute atomic E-state index is 0.0750. The molecule has 1 saturated heterocycles. The molecule has 2 aromatic heterocycles. The number of likely N-dealkylation sites (tertiary alicyclic amines) is 1. The number of amides is 3. The predicted octanol–water partition coefficient (Wildman–Crippen LogP) is 6.87. The van der Waals surface area contributed by atoms with Gasteiger partial charge in [-0.1, -0.05) is 0 Å². The van der Waals surface area contributed by atoms with E-state index in [4.69, 9.17) is 18.9 Å². The molecular weight excluding hydrogens is 635 g/mol. The molecule has 0 radical (unpaired) electrons. The first kappa shape index (κ1) is 34.2. The van der Waals surface area contributed by atoms with E-state index < -0.39 is 35.3 Å². The Hall–Kier alpha value is -4.72. The van der Waals surface area contributed by atoms with Crippen LogP contribution in [0.1, 0.15) is 59.9 Å². The molecular formula is C35H43FN6O7. The summed E-state index contributed by atoms with van der Waals surface area (Å²) in [6, 6.07) is 3.14. The molecule has 3 aliphatic rings. The number of hydrogen-bond acceptors (Lipinski definition) is 10. The Kier molecular flexibility index (Phi) is 8.58. The molecule has 14 heteroatoms. The van der Waals surface area contributed by atoms with Crippen molar-refractivity contribution in [1.82, 2.24) is 14.9 Å². The number of hydrogen-bond donors (Lipinski definition) is 2. The van der Waals surface area contributed by atoms with Crippen LogP contribution in [-0.2, 0) is 14.2 Å². The molecule has 262 valence electrons. The van der Waals surface area contributed by atoms with Crippen molar-refractivity contribution in [2.75, 3.05) is 48.8 Å². The Morgan fingerprint density at radius 2 is 1.65 bits per heavy atom. The highest BCUT2D eigenvalue weighted by Crippen LogP contribution is 2.49. The third-order valence-electron chi connectivity index (χ3n) is 8.62. The van der Waals surface area contributed by atoms with Gasteiger partial charge in [0.05, 0.1) is 12.2 Å². The average molecular weight is 679 g/mol. The number of fused-ring (bicyclic) bond motifs is 2. The highest BCUT2D eigenvalue weighted by molar-refractivity contribution is 6.05. The third-order valence-corrected chi connectivity index (χ3v) is 8.62. The number of carbonyl (C=O) groups excluding carboxylic acids is 3. The summed E-state index contributed by atoms with van der Waals surface area (Å²) < 4.78 is 39.1. The normalized spacial score (nSPS) is 17.4. The van der Waals surface area contributed by atoms with E-state index >= 15 is 4.39 Å². The second-order valence-corrected chi connectivity index (χ2v) is 15.2. The van der Waals surface area contributed by atoms with Crippen molar-refractivity contribution in [3.63, 3.8) is 0 Å². The van der Waals surface area contributed by atoms with Crippen LogP contribution in [-0.4, -0.2) is 83.7 Å². The van der Waals surface area contributed by atoms with Crippen LogP contribution >= 0.6 is 0 Å². The minimum atomic E-state index is -0.864. The van der Waals surface area contributed by atoms with Crippen LogP contribution < -0.4 is 20.3 Å². The Labute approximate surface area is 284 Å². The van der Waals surface area contributed by atoms with Gasteiger partial charge < -0.3 is 23.8 Å². The van der Waals surface area contributed by atoms with Crippen molar-refractivity contribution >= 4 is 46.2 Å². The minimum Gasteiger partial charge on any atom is -0.474 e. The number of carbonyl (C=O) groups is 3. The summed E-state index contributed by atoms with van der Waals surface area (Å²) in [6.07, 6.45) is 2.22. The van der Waals surface area contributed by atoms with Gasteiger partial charge in [0, 0.05) is 47.4 Å². The SMILES string of the molecule is Cc1c(-c2cc3cc(NC(=O)OC4CC5(C4)CN(C)C5)ncc3c(NC(=O)OC(C)(C)C)c2F)cnc2c1N(C(=O)OC(C)(C)C)CCO2. The van der Waals surface area contributed by atoms with Crippen molar-refractivity contribution in [2.45, 2.75) is 78.6 Å². The standard InChI is InChI=1S/C35H43FN6O7/c1-19-23(15-38-29-28(19)42(9-10-46-29)32(45)49-34(5,6)7)22-11-20-12-25(39-30(43)47-21-13-35(14-21)17-41(8)18-35)37-16-24(20)27(26(22)36)40-31(44)48-33(2,3)4/h11-12,15-16,21H,9-10,13-14,17-18H2,1-8H3,(H,40,44)(H,37,39,43). The van der Waals surface area contributed by atoms with Crippen molar-refractivity contribution in [2.24, 2.45) is 5.41 Å². The summed E-state index contributed by atoms with van der Waals surface area (Å²) in [4.78, 5) is 51.3. The number of rotatable bonds is 4. The summed E-state index contributed by atoms with van der Waals surface area (Å²) in [5.41, 5.74) is -0.246. The van der Waals surface area contributed by atoms with Crippen LogP contribution in [0.25, 0.3) is 21.9 Å². The van der Waals surface area contributed by atoms with E-state index in [1.54, 1.807) is 60.6 Å². The molecule has 1 spiro atoms. The molecule has 13 nitrogen and oxygen atoms in total. The predicted molar refractivity (Wildman–Crippen MR) is 182 cm³/mol. The highest BCUT2D eigenvalue weighted by atomic mass is 19.1. The van der Waals surface area contributed by atoms with E-state index in [1.165, 1.54) is 17.3 Å². The number of halogens is 1. The third kappa shape index (κ3) is 7.19. The lowest BCUT2D eigenvalue weighted by Gasteiger charge is -2.57. The fraction of sp³-hybridized carbons (Fsp3) is 0.514. The van der Waals surface area contributed by atoms with E-state index in [9.17, 15) is 14.4 Å². The largest absolute Gasteiger partial charge is 0.474 e. The zero-order valence-corrected chi connectivity index (χ0v) is 29.2. The average Bonchev–Trinajstić information content (AvgIpc) is 2.95. The van der Waals surface area contributed by atoms with Gasteiger partial charge >= 0.3 is 18.3 Å². The van der Waals surface area contributed by atoms with Gasteiger partial charge in [0.2, 0.25) is 5.88 Å². The van der Waals surface area contributed by atoms with E-state index in [2.05, 4.69) is 32.5 Å². The molecule has 0 atom stereocenters. The van der Waals surface area contributed by atoms with Gasteiger partial charge in [0.15, 0.2) is 5.82 Å². The molecule has 0 unspecified atom stereocenters. The zero-order valence-electron chi connectivity index (χ0n) is 29.2. The van der Waals surface area contributed by atoms with Crippen molar-refractivity contribution in [3.05, 3.63) is 35.9 Å². The quantitative estimate of drug-likeness (QED) is 0.281. The molecule has 3 aromatic rings. The van der Waals surface area contributed by atoms with Crippen molar-refractivity contribution in [1.29, 1.82) is 0 Å². The van der Waals surface area contributed by atoms with E-state index in [0.717, 1.165) is 25.9 Å². The number of anilines is 3. The molecule has 1 aliphatic carbocycles. The van der Waals surface area contributed by atoms with Crippen LogP contribution in [0, 0.1) is 18.2 Å². The van der Waals surface area contributed by atoms with E-state index in [-0.39, 0.29) is 53.0 Å². The maximum absolute atomic E-state index is 16.6. The molecule has 4 heterocycles. The number of nitrogens with zero attached hydrogens (tertiary/aromatic N) is 4. The van der Waals surface area contributed by atoms with Gasteiger partial charge in [0.25, 0.3) is 0 Å². The maximum Gasteiger partial charge on any atom is 0.415 e. The molecule has 2 aliphatic heterocycles. The van der Waals surface area contributed by atoms with E-state index in [1.807, 2.05) is 0 Å². The molecule has 49 heavy (non-hydrogen) atoms. The molecule has 2 N–H and O–H groups in total. The number of nitrogens with one attached hydrogen (secondary N) is 2. The van der Waals surface area contributed by atoms with Gasteiger partial charge in [-0.2, -0.15) is 0 Å². The molecule has 2 fully saturated rings. The second-order valence-electron chi connectivity index (χ2n) is 15.2. The van der Waals surface area contributed by atoms with Crippen LogP contribution in [0.4, 0.5) is 36.0 Å². The Bertz CT molecular complexity index is 1820. The number of ether oxygens (including phenoxy) is 4.